The number of carbonyl (C=O) groups excluding carboxylic acids is 1. The average Bonchev–Trinajstić information content (AvgIpc) is 3.06. The first-order chi connectivity index (χ1) is 9.16. The minimum absolute atomic E-state index is 0.217. The zero-order chi connectivity index (χ0) is 13.7. The van der Waals surface area contributed by atoms with Crippen LogP contribution in [0, 0.1) is 5.92 Å². The molecular weight excluding hydrogens is 250 g/mol. The summed E-state index contributed by atoms with van der Waals surface area (Å²) in [5.41, 5.74) is 0. The first kappa shape index (κ1) is 14.3. The van der Waals surface area contributed by atoms with Crippen molar-refractivity contribution in [3.63, 3.8) is 0 Å². The number of hydrogen-bond donors (Lipinski definition) is 2. The zero-order valence-corrected chi connectivity index (χ0v) is 11.0. The fraction of sp³-hybridized carbons (Fsp3) is 0.846. The molecule has 0 aromatic carbocycles. The Balaban J connectivity index is 1.50. The monoisotopic (exact) mass is 271 g/mol. The quantitative estimate of drug-likeness (QED) is 0.630. The second-order valence-electron chi connectivity index (χ2n) is 5.19. The van der Waals surface area contributed by atoms with Crippen LogP contribution in [0.3, 0.4) is 0 Å². The summed E-state index contributed by atoms with van der Waals surface area (Å²) in [6.07, 6.45) is 2.75. The molecule has 6 nitrogen and oxygen atoms in total. The zero-order valence-electron chi connectivity index (χ0n) is 11.0. The summed E-state index contributed by atoms with van der Waals surface area (Å²) in [6, 6.07) is 0. The smallest absolute Gasteiger partial charge is 0.332 e. The highest BCUT2D eigenvalue weighted by Gasteiger charge is 2.34. The highest BCUT2D eigenvalue weighted by Crippen LogP contribution is 2.28. The molecule has 1 saturated heterocycles. The van der Waals surface area contributed by atoms with Crippen molar-refractivity contribution >= 4 is 11.9 Å². The molecule has 0 radical (unpaired) electrons. The van der Waals surface area contributed by atoms with Crippen molar-refractivity contribution < 1.29 is 24.2 Å². The van der Waals surface area contributed by atoms with E-state index in [0.717, 1.165) is 18.9 Å². The second-order valence-corrected chi connectivity index (χ2v) is 5.19. The van der Waals surface area contributed by atoms with Crippen molar-refractivity contribution in [2.75, 3.05) is 19.8 Å². The third-order valence-electron chi connectivity index (χ3n) is 3.40. The van der Waals surface area contributed by atoms with Crippen molar-refractivity contribution in [3.05, 3.63) is 0 Å². The molecule has 0 spiro atoms. The molecule has 0 aromatic heterocycles. The Morgan fingerprint density at radius 1 is 1.21 bits per heavy atom. The molecular formula is C13H21NO5. The summed E-state index contributed by atoms with van der Waals surface area (Å²) in [7, 11) is 0. The number of hydrogen-bond acceptors (Lipinski definition) is 4. The van der Waals surface area contributed by atoms with Crippen molar-refractivity contribution in [2.24, 2.45) is 5.92 Å². The van der Waals surface area contributed by atoms with E-state index in [1.165, 1.54) is 12.8 Å². The van der Waals surface area contributed by atoms with E-state index in [2.05, 4.69) is 5.32 Å². The molecule has 2 fully saturated rings. The normalized spacial score (nSPS) is 26.3. The predicted molar refractivity (Wildman–Crippen MR) is 66.7 cm³/mol. The van der Waals surface area contributed by atoms with Gasteiger partial charge in [0.15, 0.2) is 6.10 Å². The lowest BCUT2D eigenvalue weighted by molar-refractivity contribution is -0.151. The maximum atomic E-state index is 11.7. The van der Waals surface area contributed by atoms with Gasteiger partial charge in [0.1, 0.15) is 6.10 Å². The van der Waals surface area contributed by atoms with Gasteiger partial charge in [-0.1, -0.05) is 0 Å². The largest absolute Gasteiger partial charge is 0.479 e. The van der Waals surface area contributed by atoms with Crippen LogP contribution in [0.4, 0.5) is 0 Å². The SMILES string of the molecule is O=C(NCCCOCC1CC1)[C@@H]1CC[C@H](C(=O)O)O1. The Labute approximate surface area is 112 Å². The van der Waals surface area contributed by atoms with Crippen molar-refractivity contribution in [2.45, 2.75) is 44.3 Å². The molecule has 6 heteroatoms. The number of nitrogens with one attached hydrogen (secondary N) is 1. The molecule has 2 aliphatic rings. The van der Waals surface area contributed by atoms with Gasteiger partial charge in [-0.05, 0) is 38.0 Å². The Kier molecular flexibility index (Phi) is 5.15. The van der Waals surface area contributed by atoms with E-state index < -0.39 is 18.2 Å². The van der Waals surface area contributed by atoms with Crippen LogP contribution in [0.2, 0.25) is 0 Å². The summed E-state index contributed by atoms with van der Waals surface area (Å²) in [6.45, 7) is 2.03. The Morgan fingerprint density at radius 2 is 1.95 bits per heavy atom. The second kappa shape index (κ2) is 6.86. The van der Waals surface area contributed by atoms with E-state index in [9.17, 15) is 9.59 Å². The third-order valence-corrected chi connectivity index (χ3v) is 3.40. The van der Waals surface area contributed by atoms with Crippen LogP contribution in [0.15, 0.2) is 0 Å². The number of carbonyl (C=O) groups is 2. The Bertz CT molecular complexity index is 329. The van der Waals surface area contributed by atoms with Crippen molar-refractivity contribution in [1.29, 1.82) is 0 Å². The summed E-state index contributed by atoms with van der Waals surface area (Å²) < 4.78 is 10.6. The summed E-state index contributed by atoms with van der Waals surface area (Å²) in [5, 5.41) is 11.5. The number of rotatable bonds is 8. The van der Waals surface area contributed by atoms with E-state index in [4.69, 9.17) is 14.6 Å². The molecule has 0 aromatic rings. The third kappa shape index (κ3) is 4.80. The van der Waals surface area contributed by atoms with E-state index in [-0.39, 0.29) is 5.91 Å². The van der Waals surface area contributed by atoms with E-state index in [0.29, 0.717) is 26.0 Å². The van der Waals surface area contributed by atoms with Crippen LogP contribution in [0.25, 0.3) is 0 Å². The van der Waals surface area contributed by atoms with Gasteiger partial charge >= 0.3 is 5.97 Å². The van der Waals surface area contributed by atoms with Gasteiger partial charge in [-0.3, -0.25) is 4.79 Å². The fourth-order valence-electron chi connectivity index (χ4n) is 2.05. The number of carboxylic acids is 1. The van der Waals surface area contributed by atoms with Gasteiger partial charge in [0.05, 0.1) is 0 Å². The van der Waals surface area contributed by atoms with Gasteiger partial charge in [-0.25, -0.2) is 4.79 Å². The van der Waals surface area contributed by atoms with Crippen LogP contribution in [-0.2, 0) is 19.1 Å². The lowest BCUT2D eigenvalue weighted by atomic mass is 10.2. The summed E-state index contributed by atoms with van der Waals surface area (Å²) in [4.78, 5) is 22.4. The molecule has 108 valence electrons. The molecule has 0 bridgehead atoms. The Hall–Kier alpha value is -1.14. The van der Waals surface area contributed by atoms with Gasteiger partial charge in [0.2, 0.25) is 5.91 Å². The van der Waals surface area contributed by atoms with Crippen LogP contribution < -0.4 is 5.32 Å². The first-order valence-corrected chi connectivity index (χ1v) is 6.90. The van der Waals surface area contributed by atoms with Crippen LogP contribution in [0.1, 0.15) is 32.1 Å². The fourth-order valence-corrected chi connectivity index (χ4v) is 2.05. The molecule has 1 aliphatic carbocycles. The molecule has 2 rings (SSSR count). The van der Waals surface area contributed by atoms with E-state index >= 15 is 0 Å². The maximum Gasteiger partial charge on any atom is 0.332 e. The van der Waals surface area contributed by atoms with Gasteiger partial charge in [-0.2, -0.15) is 0 Å². The lowest BCUT2D eigenvalue weighted by Gasteiger charge is -2.11. The molecule has 1 amide bonds. The van der Waals surface area contributed by atoms with Gasteiger partial charge in [-0.15, -0.1) is 0 Å². The van der Waals surface area contributed by atoms with E-state index in [1.54, 1.807) is 0 Å². The highest BCUT2D eigenvalue weighted by atomic mass is 16.5. The molecule has 0 unspecified atom stereocenters. The number of carboxylic acid groups (broad SMARTS) is 1. The van der Waals surface area contributed by atoms with Gasteiger partial charge in [0.25, 0.3) is 0 Å². The molecule has 1 saturated carbocycles. The molecule has 19 heavy (non-hydrogen) atoms. The minimum atomic E-state index is -0.997. The number of amides is 1. The van der Waals surface area contributed by atoms with Crippen LogP contribution in [-0.4, -0.2) is 48.9 Å². The molecule has 1 aliphatic heterocycles. The standard InChI is InChI=1S/C13H21NO5/c15-12(10-4-5-11(19-10)13(16)17)14-6-1-7-18-8-9-2-3-9/h9-11H,1-8H2,(H,14,15)(H,16,17)/t10-,11+/m0/s1. The number of ether oxygens (including phenoxy) is 2. The molecule has 2 N–H and O–H groups in total. The summed E-state index contributed by atoms with van der Waals surface area (Å²) >= 11 is 0. The van der Waals surface area contributed by atoms with E-state index in [1.807, 2.05) is 0 Å². The topological polar surface area (TPSA) is 84.9 Å². The molecule has 2 atom stereocenters. The minimum Gasteiger partial charge on any atom is -0.479 e. The Morgan fingerprint density at radius 3 is 2.58 bits per heavy atom. The van der Waals surface area contributed by atoms with Crippen molar-refractivity contribution in [3.8, 4) is 0 Å². The predicted octanol–water partition coefficient (Wildman–Crippen LogP) is 0.551. The van der Waals surface area contributed by atoms with Crippen molar-refractivity contribution in [1.82, 2.24) is 5.32 Å². The molecule has 1 heterocycles. The van der Waals surface area contributed by atoms with Crippen LogP contribution >= 0.6 is 0 Å². The average molecular weight is 271 g/mol. The highest BCUT2D eigenvalue weighted by molar-refractivity contribution is 5.82. The lowest BCUT2D eigenvalue weighted by Crippen LogP contribution is -2.36. The van der Waals surface area contributed by atoms with Gasteiger partial charge in [0, 0.05) is 19.8 Å². The summed E-state index contributed by atoms with van der Waals surface area (Å²) in [5.74, 6) is -0.454. The first-order valence-electron chi connectivity index (χ1n) is 6.90. The number of aliphatic carboxylic acids is 1. The van der Waals surface area contributed by atoms with Gasteiger partial charge < -0.3 is 19.9 Å². The van der Waals surface area contributed by atoms with Crippen LogP contribution in [0.5, 0.6) is 0 Å². The maximum absolute atomic E-state index is 11.7.